The van der Waals surface area contributed by atoms with E-state index in [4.69, 9.17) is 14.2 Å². The molecule has 2 N–H and O–H groups in total. The molecule has 0 saturated heterocycles. The minimum absolute atomic E-state index is 0.0671. The summed E-state index contributed by atoms with van der Waals surface area (Å²) in [6.07, 6.45) is 0. The summed E-state index contributed by atoms with van der Waals surface area (Å²) in [6, 6.07) is 13.4. The van der Waals surface area contributed by atoms with Crippen LogP contribution in [0.3, 0.4) is 0 Å². The molecule has 0 saturated carbocycles. The number of nitrogens with one attached hydrogen (secondary N) is 2. The van der Waals surface area contributed by atoms with Crippen LogP contribution in [-0.4, -0.2) is 26.4 Å². The largest absolute Gasteiger partial charge is 0.496 e. The molecule has 2 aromatic rings. The fourth-order valence-corrected chi connectivity index (χ4v) is 2.47. The van der Waals surface area contributed by atoms with Crippen LogP contribution in [0, 0.1) is 0 Å². The summed E-state index contributed by atoms with van der Waals surface area (Å²) in [5.41, 5.74) is 1.99. The fourth-order valence-electron chi connectivity index (χ4n) is 2.47. The normalized spacial score (nSPS) is 12.0. The Morgan fingerprint density at radius 3 is 2.83 bits per heavy atom. The van der Waals surface area contributed by atoms with Gasteiger partial charge in [-0.15, -0.1) is 0 Å². The number of carbonyl (C=O) groups is 1. The van der Waals surface area contributed by atoms with Gasteiger partial charge in [0.05, 0.1) is 13.7 Å². The Morgan fingerprint density at radius 1 is 1.12 bits per heavy atom. The molecule has 0 aliphatic carbocycles. The first-order valence-corrected chi connectivity index (χ1v) is 7.74. The molecule has 0 spiro atoms. The Kier molecular flexibility index (Phi) is 5.18. The van der Waals surface area contributed by atoms with E-state index < -0.39 is 0 Å². The van der Waals surface area contributed by atoms with E-state index in [-0.39, 0.29) is 19.2 Å². The number of hydrogen-bond acceptors (Lipinski definition) is 5. The predicted octanol–water partition coefficient (Wildman–Crippen LogP) is 1.83. The fraction of sp³-hybridized carbons (Fsp3) is 0.278. The molecule has 126 valence electrons. The Morgan fingerprint density at radius 2 is 1.96 bits per heavy atom. The Labute approximate surface area is 140 Å². The minimum atomic E-state index is -0.0671. The Bertz CT molecular complexity index is 718. The molecule has 2 aromatic carbocycles. The molecule has 1 aliphatic rings. The van der Waals surface area contributed by atoms with Crippen LogP contribution in [0.5, 0.6) is 17.2 Å². The molecule has 0 fully saturated rings. The van der Waals surface area contributed by atoms with Gasteiger partial charge in [-0.05, 0) is 23.8 Å². The summed E-state index contributed by atoms with van der Waals surface area (Å²) >= 11 is 0. The zero-order chi connectivity index (χ0) is 16.8. The quantitative estimate of drug-likeness (QED) is 0.811. The van der Waals surface area contributed by atoms with E-state index in [1.807, 2.05) is 42.5 Å². The lowest BCUT2D eigenvalue weighted by molar-refractivity contribution is -0.120. The van der Waals surface area contributed by atoms with Crippen LogP contribution in [0.25, 0.3) is 0 Å². The van der Waals surface area contributed by atoms with E-state index in [2.05, 4.69) is 10.6 Å². The number of hydrogen-bond donors (Lipinski definition) is 2. The van der Waals surface area contributed by atoms with Gasteiger partial charge in [0.1, 0.15) is 5.75 Å². The lowest BCUT2D eigenvalue weighted by Crippen LogP contribution is -2.33. The highest BCUT2D eigenvalue weighted by Gasteiger charge is 2.13. The summed E-state index contributed by atoms with van der Waals surface area (Å²) < 4.78 is 15.9. The highest BCUT2D eigenvalue weighted by atomic mass is 16.7. The molecule has 24 heavy (non-hydrogen) atoms. The molecule has 6 heteroatoms. The molecule has 0 radical (unpaired) electrons. The first kappa shape index (κ1) is 16.1. The van der Waals surface area contributed by atoms with Crippen molar-refractivity contribution >= 4 is 5.91 Å². The first-order valence-electron chi connectivity index (χ1n) is 7.74. The molecule has 0 atom stereocenters. The zero-order valence-electron chi connectivity index (χ0n) is 13.5. The van der Waals surface area contributed by atoms with Gasteiger partial charge in [0.2, 0.25) is 12.7 Å². The number of ether oxygens (including phenoxy) is 3. The van der Waals surface area contributed by atoms with Crippen LogP contribution in [0.4, 0.5) is 0 Å². The highest BCUT2D eigenvalue weighted by molar-refractivity contribution is 5.78. The van der Waals surface area contributed by atoms with Crippen molar-refractivity contribution in [1.29, 1.82) is 0 Å². The molecular formula is C18H20N2O4. The van der Waals surface area contributed by atoms with Gasteiger partial charge in [0, 0.05) is 18.7 Å². The van der Waals surface area contributed by atoms with Crippen LogP contribution >= 0.6 is 0 Å². The second-order valence-electron chi connectivity index (χ2n) is 5.38. The summed E-state index contributed by atoms with van der Waals surface area (Å²) in [5.74, 6) is 2.20. The van der Waals surface area contributed by atoms with Crippen molar-refractivity contribution < 1.29 is 19.0 Å². The lowest BCUT2D eigenvalue weighted by atomic mass is 10.2. The number of fused-ring (bicyclic) bond motifs is 1. The number of benzene rings is 2. The van der Waals surface area contributed by atoms with Crippen LogP contribution in [0.1, 0.15) is 11.1 Å². The van der Waals surface area contributed by atoms with Crippen LogP contribution < -0.4 is 24.8 Å². The van der Waals surface area contributed by atoms with Gasteiger partial charge in [0.15, 0.2) is 11.5 Å². The van der Waals surface area contributed by atoms with Crippen molar-refractivity contribution in [2.75, 3.05) is 20.4 Å². The van der Waals surface area contributed by atoms with Crippen molar-refractivity contribution in [2.24, 2.45) is 0 Å². The van der Waals surface area contributed by atoms with Gasteiger partial charge >= 0.3 is 0 Å². The minimum Gasteiger partial charge on any atom is -0.496 e. The first-order chi connectivity index (χ1) is 11.8. The maximum Gasteiger partial charge on any atom is 0.234 e. The summed E-state index contributed by atoms with van der Waals surface area (Å²) in [7, 11) is 1.64. The van der Waals surface area contributed by atoms with E-state index in [0.717, 1.165) is 28.4 Å². The topological polar surface area (TPSA) is 68.8 Å². The number of carbonyl (C=O) groups excluding carboxylic acids is 1. The molecule has 1 amide bonds. The molecule has 1 aliphatic heterocycles. The van der Waals surface area contributed by atoms with Gasteiger partial charge < -0.3 is 24.8 Å². The van der Waals surface area contributed by atoms with E-state index in [0.29, 0.717) is 13.1 Å². The summed E-state index contributed by atoms with van der Waals surface area (Å²) in [4.78, 5) is 11.9. The average molecular weight is 328 g/mol. The van der Waals surface area contributed by atoms with E-state index in [9.17, 15) is 4.79 Å². The zero-order valence-corrected chi connectivity index (χ0v) is 13.5. The molecule has 1 heterocycles. The maximum absolute atomic E-state index is 11.9. The van der Waals surface area contributed by atoms with Gasteiger partial charge in [-0.1, -0.05) is 24.3 Å². The van der Waals surface area contributed by atoms with Crippen LogP contribution in [0.15, 0.2) is 42.5 Å². The molecule has 0 aromatic heterocycles. The van der Waals surface area contributed by atoms with Gasteiger partial charge in [-0.25, -0.2) is 0 Å². The smallest absolute Gasteiger partial charge is 0.234 e. The predicted molar refractivity (Wildman–Crippen MR) is 89.1 cm³/mol. The third-order valence-corrected chi connectivity index (χ3v) is 3.72. The Balaban J connectivity index is 1.43. The van der Waals surface area contributed by atoms with Gasteiger partial charge in [-0.2, -0.15) is 0 Å². The average Bonchev–Trinajstić information content (AvgIpc) is 3.08. The summed E-state index contributed by atoms with van der Waals surface area (Å²) in [6.45, 7) is 1.51. The summed E-state index contributed by atoms with van der Waals surface area (Å²) in [5, 5.41) is 5.99. The second-order valence-corrected chi connectivity index (χ2v) is 5.38. The van der Waals surface area contributed by atoms with Crippen LogP contribution in [-0.2, 0) is 17.9 Å². The van der Waals surface area contributed by atoms with Gasteiger partial charge in [-0.3, -0.25) is 4.79 Å². The lowest BCUT2D eigenvalue weighted by Gasteiger charge is -2.10. The highest BCUT2D eigenvalue weighted by Crippen LogP contribution is 2.32. The molecule has 3 rings (SSSR count). The molecule has 0 unspecified atom stereocenters. The number of rotatable bonds is 7. The number of amides is 1. The second kappa shape index (κ2) is 7.70. The standard InChI is InChI=1S/C18H20N2O4/c1-22-15-5-3-2-4-14(15)10-19-11-18(21)20-9-13-6-7-16-17(8-13)24-12-23-16/h2-8,19H,9-12H2,1H3,(H,20,21). The van der Waals surface area contributed by atoms with Crippen molar-refractivity contribution in [3.8, 4) is 17.2 Å². The van der Waals surface area contributed by atoms with Crippen molar-refractivity contribution in [3.63, 3.8) is 0 Å². The molecule has 0 bridgehead atoms. The SMILES string of the molecule is COc1ccccc1CNCC(=O)NCc1ccc2c(c1)OCO2. The van der Waals surface area contributed by atoms with Gasteiger partial charge in [0.25, 0.3) is 0 Å². The third-order valence-electron chi connectivity index (χ3n) is 3.72. The number of methoxy groups -OCH3 is 1. The Hall–Kier alpha value is -2.73. The van der Waals surface area contributed by atoms with Crippen molar-refractivity contribution in [1.82, 2.24) is 10.6 Å². The maximum atomic E-state index is 11.9. The van der Waals surface area contributed by atoms with Crippen molar-refractivity contribution in [3.05, 3.63) is 53.6 Å². The molecular weight excluding hydrogens is 308 g/mol. The third kappa shape index (κ3) is 3.97. The monoisotopic (exact) mass is 328 g/mol. The van der Waals surface area contributed by atoms with Crippen molar-refractivity contribution in [2.45, 2.75) is 13.1 Å². The number of para-hydroxylation sites is 1. The van der Waals surface area contributed by atoms with E-state index in [1.165, 1.54) is 0 Å². The van der Waals surface area contributed by atoms with E-state index >= 15 is 0 Å². The van der Waals surface area contributed by atoms with E-state index in [1.54, 1.807) is 7.11 Å². The molecule has 6 nitrogen and oxygen atoms in total. The van der Waals surface area contributed by atoms with Crippen LogP contribution in [0.2, 0.25) is 0 Å².